The normalized spacial score (nSPS) is 10.8. The molecule has 20 heavy (non-hydrogen) atoms. The van der Waals surface area contributed by atoms with Gasteiger partial charge in [0.05, 0.1) is 6.42 Å². The van der Waals surface area contributed by atoms with Gasteiger partial charge >= 0.3 is 5.97 Å². The van der Waals surface area contributed by atoms with Crippen LogP contribution in [0.3, 0.4) is 0 Å². The molecular formula is C15H19N3O2. The van der Waals surface area contributed by atoms with Crippen molar-refractivity contribution in [1.29, 1.82) is 0 Å². The van der Waals surface area contributed by atoms with Crippen molar-refractivity contribution in [3.05, 3.63) is 34.6 Å². The summed E-state index contributed by atoms with van der Waals surface area (Å²) in [5.74, 6) is 0.533. The summed E-state index contributed by atoms with van der Waals surface area (Å²) in [4.78, 5) is 15.1. The Morgan fingerprint density at radius 1 is 1.20 bits per heavy atom. The molecule has 0 unspecified atom stereocenters. The third kappa shape index (κ3) is 2.87. The molecule has 5 nitrogen and oxygen atoms in total. The molecule has 1 heterocycles. The van der Waals surface area contributed by atoms with Gasteiger partial charge in [0.15, 0.2) is 5.82 Å². The summed E-state index contributed by atoms with van der Waals surface area (Å²) in [6.45, 7) is 6.18. The van der Waals surface area contributed by atoms with E-state index < -0.39 is 5.97 Å². The van der Waals surface area contributed by atoms with Crippen molar-refractivity contribution >= 4 is 5.97 Å². The van der Waals surface area contributed by atoms with Gasteiger partial charge in [0, 0.05) is 19.0 Å². The van der Waals surface area contributed by atoms with Crippen molar-refractivity contribution in [1.82, 2.24) is 14.8 Å². The van der Waals surface area contributed by atoms with Gasteiger partial charge in [-0.1, -0.05) is 6.07 Å². The number of aliphatic carboxylic acids is 1. The van der Waals surface area contributed by atoms with E-state index in [0.717, 1.165) is 11.1 Å². The summed E-state index contributed by atoms with van der Waals surface area (Å²) in [5.41, 5.74) is 4.58. The topological polar surface area (TPSA) is 68.0 Å². The highest BCUT2D eigenvalue weighted by Gasteiger charge is 2.13. The first-order valence-electron chi connectivity index (χ1n) is 6.58. The van der Waals surface area contributed by atoms with Crippen LogP contribution in [-0.2, 0) is 18.3 Å². The van der Waals surface area contributed by atoms with Crippen LogP contribution in [0, 0.1) is 20.8 Å². The van der Waals surface area contributed by atoms with E-state index >= 15 is 0 Å². The Hall–Kier alpha value is -2.17. The van der Waals surface area contributed by atoms with Crippen LogP contribution < -0.4 is 0 Å². The second-order valence-corrected chi connectivity index (χ2v) is 5.12. The molecule has 1 aromatic carbocycles. The van der Waals surface area contributed by atoms with Gasteiger partial charge in [0.2, 0.25) is 0 Å². The largest absolute Gasteiger partial charge is 0.481 e. The zero-order valence-electron chi connectivity index (χ0n) is 12.3. The molecule has 0 aliphatic heterocycles. The van der Waals surface area contributed by atoms with E-state index in [1.807, 2.05) is 6.92 Å². The molecule has 0 bridgehead atoms. The van der Waals surface area contributed by atoms with Gasteiger partial charge in [-0.3, -0.25) is 9.48 Å². The van der Waals surface area contributed by atoms with Crippen LogP contribution in [0.25, 0.3) is 11.4 Å². The Kier molecular flexibility index (Phi) is 3.88. The summed E-state index contributed by atoms with van der Waals surface area (Å²) in [6, 6.07) is 4.21. The van der Waals surface area contributed by atoms with Crippen molar-refractivity contribution in [3.8, 4) is 11.4 Å². The summed E-state index contributed by atoms with van der Waals surface area (Å²) in [6.07, 6.45) is 0.459. The third-order valence-corrected chi connectivity index (χ3v) is 3.50. The minimum absolute atomic E-state index is 0.0673. The van der Waals surface area contributed by atoms with E-state index in [-0.39, 0.29) is 6.42 Å². The Bertz CT molecular complexity index is 659. The van der Waals surface area contributed by atoms with E-state index in [1.54, 1.807) is 11.7 Å². The summed E-state index contributed by atoms with van der Waals surface area (Å²) >= 11 is 0. The molecule has 0 atom stereocenters. The summed E-state index contributed by atoms with van der Waals surface area (Å²) in [5, 5.41) is 13.1. The van der Waals surface area contributed by atoms with Gasteiger partial charge in [-0.25, -0.2) is 4.98 Å². The number of rotatable bonds is 4. The zero-order valence-corrected chi connectivity index (χ0v) is 12.3. The predicted molar refractivity (Wildman–Crippen MR) is 76.6 cm³/mol. The fourth-order valence-corrected chi connectivity index (χ4v) is 2.17. The molecule has 106 valence electrons. The summed E-state index contributed by atoms with van der Waals surface area (Å²) in [7, 11) is 1.80. The predicted octanol–water partition coefficient (Wildman–Crippen LogP) is 2.42. The van der Waals surface area contributed by atoms with Gasteiger partial charge in [0.1, 0.15) is 5.82 Å². The monoisotopic (exact) mass is 273 g/mol. The maximum atomic E-state index is 10.6. The Balaban J connectivity index is 2.37. The number of benzene rings is 1. The lowest BCUT2D eigenvalue weighted by molar-refractivity contribution is -0.137. The second kappa shape index (κ2) is 5.45. The molecule has 0 saturated carbocycles. The molecule has 0 aliphatic rings. The Labute approximate surface area is 118 Å². The van der Waals surface area contributed by atoms with Crippen molar-refractivity contribution in [2.45, 2.75) is 33.6 Å². The number of carbonyl (C=O) groups is 1. The summed E-state index contributed by atoms with van der Waals surface area (Å²) < 4.78 is 1.66. The standard InChI is InChI=1S/C15H19N3O2/c1-9-7-11(3)12(8-10(9)2)15-16-13(18(4)17-15)5-6-14(19)20/h7-8H,5-6H2,1-4H3,(H,19,20). The van der Waals surface area contributed by atoms with E-state index in [9.17, 15) is 4.79 Å². The minimum atomic E-state index is -0.822. The van der Waals surface area contributed by atoms with E-state index in [1.165, 1.54) is 11.1 Å². The van der Waals surface area contributed by atoms with Crippen LogP contribution in [0.2, 0.25) is 0 Å². The second-order valence-electron chi connectivity index (χ2n) is 5.12. The van der Waals surface area contributed by atoms with E-state index in [0.29, 0.717) is 18.1 Å². The minimum Gasteiger partial charge on any atom is -0.481 e. The molecule has 0 aliphatic carbocycles. The average molecular weight is 273 g/mol. The fourth-order valence-electron chi connectivity index (χ4n) is 2.17. The lowest BCUT2D eigenvalue weighted by Crippen LogP contribution is -2.03. The lowest BCUT2D eigenvalue weighted by Gasteiger charge is -2.06. The molecule has 0 spiro atoms. The molecule has 0 radical (unpaired) electrons. The van der Waals surface area contributed by atoms with Crippen LogP contribution in [-0.4, -0.2) is 25.8 Å². The SMILES string of the molecule is Cc1cc(C)c(-c2nc(CCC(=O)O)n(C)n2)cc1C. The molecule has 5 heteroatoms. The van der Waals surface area contributed by atoms with Gasteiger partial charge in [0.25, 0.3) is 0 Å². The number of aryl methyl sites for hydroxylation is 5. The van der Waals surface area contributed by atoms with Crippen molar-refractivity contribution in [2.75, 3.05) is 0 Å². The first kappa shape index (κ1) is 14.2. The van der Waals surface area contributed by atoms with Gasteiger partial charge in [-0.2, -0.15) is 5.10 Å². The molecule has 2 rings (SSSR count). The number of carboxylic acid groups (broad SMARTS) is 1. The molecular weight excluding hydrogens is 254 g/mol. The van der Waals surface area contributed by atoms with Crippen LogP contribution in [0.1, 0.15) is 28.9 Å². The van der Waals surface area contributed by atoms with Crippen LogP contribution in [0.15, 0.2) is 12.1 Å². The average Bonchev–Trinajstić information content (AvgIpc) is 2.72. The van der Waals surface area contributed by atoms with Crippen molar-refractivity contribution in [3.63, 3.8) is 0 Å². The number of carboxylic acids is 1. The zero-order chi connectivity index (χ0) is 14.9. The maximum absolute atomic E-state index is 10.6. The quantitative estimate of drug-likeness (QED) is 0.929. The molecule has 0 fully saturated rings. The molecule has 1 N–H and O–H groups in total. The highest BCUT2D eigenvalue weighted by molar-refractivity contribution is 5.67. The lowest BCUT2D eigenvalue weighted by atomic mass is 10.0. The highest BCUT2D eigenvalue weighted by Crippen LogP contribution is 2.24. The Morgan fingerprint density at radius 2 is 1.85 bits per heavy atom. The van der Waals surface area contributed by atoms with E-state index in [2.05, 4.69) is 36.1 Å². The van der Waals surface area contributed by atoms with Crippen molar-refractivity contribution in [2.24, 2.45) is 7.05 Å². The van der Waals surface area contributed by atoms with Gasteiger partial charge in [-0.05, 0) is 43.5 Å². The first-order valence-corrected chi connectivity index (χ1v) is 6.58. The number of nitrogens with zero attached hydrogens (tertiary/aromatic N) is 3. The number of hydrogen-bond donors (Lipinski definition) is 1. The maximum Gasteiger partial charge on any atom is 0.303 e. The number of aromatic nitrogens is 3. The van der Waals surface area contributed by atoms with Gasteiger partial charge < -0.3 is 5.11 Å². The first-order chi connectivity index (χ1) is 9.38. The smallest absolute Gasteiger partial charge is 0.303 e. The molecule has 0 amide bonds. The third-order valence-electron chi connectivity index (χ3n) is 3.50. The van der Waals surface area contributed by atoms with Gasteiger partial charge in [-0.15, -0.1) is 0 Å². The van der Waals surface area contributed by atoms with Crippen LogP contribution in [0.5, 0.6) is 0 Å². The molecule has 2 aromatic rings. The highest BCUT2D eigenvalue weighted by atomic mass is 16.4. The van der Waals surface area contributed by atoms with Crippen LogP contribution >= 0.6 is 0 Å². The molecule has 0 saturated heterocycles. The van der Waals surface area contributed by atoms with E-state index in [4.69, 9.17) is 5.11 Å². The van der Waals surface area contributed by atoms with Crippen LogP contribution in [0.4, 0.5) is 0 Å². The Morgan fingerprint density at radius 3 is 2.50 bits per heavy atom. The fraction of sp³-hybridized carbons (Fsp3) is 0.400. The van der Waals surface area contributed by atoms with Crippen molar-refractivity contribution < 1.29 is 9.90 Å². The number of hydrogen-bond acceptors (Lipinski definition) is 3. The molecule has 1 aromatic heterocycles.